The molecule has 3 heterocycles. The van der Waals surface area contributed by atoms with E-state index in [1.165, 1.54) is 17.0 Å². The lowest BCUT2D eigenvalue weighted by atomic mass is 9.95. The predicted molar refractivity (Wildman–Crippen MR) is 372 cm³/mol. The van der Waals surface area contributed by atoms with Crippen LogP contribution >= 0.6 is 0 Å². The number of carbonyl (C=O) groups is 9. The van der Waals surface area contributed by atoms with Crippen molar-refractivity contribution in [3.8, 4) is 0 Å². The van der Waals surface area contributed by atoms with E-state index in [-0.39, 0.29) is 61.9 Å². The van der Waals surface area contributed by atoms with Gasteiger partial charge in [0, 0.05) is 73.8 Å². The van der Waals surface area contributed by atoms with Crippen LogP contribution in [0.15, 0.2) is 107 Å². The zero-order chi connectivity index (χ0) is 75.9. The zero-order valence-corrected chi connectivity index (χ0v) is 60.3. The number of nitrogens with zero attached hydrogens (tertiary/aromatic N) is 3. The molecule has 554 valence electrons. The van der Waals surface area contributed by atoms with Gasteiger partial charge < -0.3 is 53.8 Å². The molecule has 4 aromatic rings. The van der Waals surface area contributed by atoms with Gasteiger partial charge >= 0.3 is 42.2 Å². The highest BCUT2D eigenvalue weighted by atomic mass is 19.1. The first-order valence-electron chi connectivity index (χ1n) is 34.0. The highest BCUT2D eigenvalue weighted by Crippen LogP contribution is 2.34. The van der Waals surface area contributed by atoms with Crippen molar-refractivity contribution in [2.45, 2.75) is 158 Å². The van der Waals surface area contributed by atoms with Crippen LogP contribution in [0.1, 0.15) is 179 Å². The fraction of sp³-hybridized carbons (Fsp3) is 0.474. The molecule has 4 aromatic carbocycles. The third-order valence-electron chi connectivity index (χ3n) is 16.0. The Morgan fingerprint density at radius 1 is 0.480 bits per heavy atom. The van der Waals surface area contributed by atoms with Gasteiger partial charge in [-0.1, -0.05) is 48.4 Å². The number of amides is 4. The molecule has 1 fully saturated rings. The highest BCUT2D eigenvalue weighted by Gasteiger charge is 2.34. The van der Waals surface area contributed by atoms with Gasteiger partial charge in [-0.3, -0.25) is 19.2 Å². The number of Topliss-reactive ketones (excluding diaryl/α,β-unsaturated/α-hetero) is 1. The number of allylic oxidation sites excluding steroid dienone is 1. The second kappa shape index (κ2) is 41.8. The number of ketones is 1. The number of nitrogens with one attached hydrogen (secondary N) is 2. The van der Waals surface area contributed by atoms with Crippen molar-refractivity contribution in [2.75, 3.05) is 83.4 Å². The van der Waals surface area contributed by atoms with E-state index in [0.29, 0.717) is 99.7 Å². The SMILES string of the molecule is CCOC(=O)C1=C(C)CCN(C(=O)OC(C)(C)C)CC1.CCOC(=O)C1=C(c2ccc(NC(=O)c3c(F)cccc3F)cc2)CCCCC1.CCOC(=O)C1=C(c2ccc(NC(=O)c3c(F)cccc3F)cc2)CCN(C)CC1.CCOC(=O)C1CCN(C(=O)OC(C)(C)C)CCC1=O.O=C=O. The van der Waals surface area contributed by atoms with Crippen LogP contribution in [-0.4, -0.2) is 158 Å². The van der Waals surface area contributed by atoms with Crippen molar-refractivity contribution in [1.29, 1.82) is 0 Å². The molecular formula is C76H95F4N5O17. The quantitative estimate of drug-likeness (QED) is 0.0513. The molecule has 1 saturated heterocycles. The summed E-state index contributed by atoms with van der Waals surface area (Å²) in [6.07, 6.45) is 6.84. The maximum atomic E-state index is 13.8. The van der Waals surface area contributed by atoms with Gasteiger partial charge in [0.2, 0.25) is 0 Å². The van der Waals surface area contributed by atoms with Gasteiger partial charge in [0.05, 0.1) is 26.4 Å². The van der Waals surface area contributed by atoms with E-state index in [1.54, 1.807) is 102 Å². The maximum Gasteiger partial charge on any atom is 0.410 e. The average molecular weight is 1430 g/mol. The standard InChI is InChI=1S/C23H24F2N2O3.C23H23F2NO3.C15H25NO4.C14H23NO5.CO2/c1-3-30-23(29)18-12-14-27(2)13-11-17(18)15-7-9-16(10-8-15)26-22(28)21-19(24)5-4-6-20(21)25;1-2-29-23(28)18-8-5-3-4-7-17(18)15-11-13-16(14-12-15)26-22(27)21-19(24)9-6-10-20(21)25;1-6-19-13(17)12-8-10-16(9-7-11(12)2)14(18)20-15(3,4)5;1-5-19-12(17)10-6-8-15(9-7-11(10)16)13(18)20-14(2,3)4;2-1-3/h4-10H,3,11-14H2,1-2H3,(H,26,28);6,9-14H,2-5,7-8H2,1H3,(H,26,27);6-10H2,1-5H3;10H,5-9H2,1-4H3;. The Kier molecular flexibility index (Phi) is 34.7. The summed E-state index contributed by atoms with van der Waals surface area (Å²) in [7, 11) is 2.01. The fourth-order valence-corrected chi connectivity index (χ4v) is 11.0. The molecule has 102 heavy (non-hydrogen) atoms. The number of hydrogen-bond acceptors (Lipinski definition) is 18. The lowest BCUT2D eigenvalue weighted by Gasteiger charge is -2.26. The molecule has 8 rings (SSSR count). The lowest BCUT2D eigenvalue weighted by Crippen LogP contribution is -2.37. The monoisotopic (exact) mass is 1430 g/mol. The normalized spacial score (nSPS) is 15.8. The zero-order valence-electron chi connectivity index (χ0n) is 60.3. The molecule has 4 aliphatic rings. The third kappa shape index (κ3) is 27.3. The van der Waals surface area contributed by atoms with E-state index in [0.717, 1.165) is 90.9 Å². The van der Waals surface area contributed by atoms with Gasteiger partial charge in [0.1, 0.15) is 57.3 Å². The lowest BCUT2D eigenvalue weighted by molar-refractivity contribution is -0.192. The van der Waals surface area contributed by atoms with Crippen LogP contribution in [0, 0.1) is 29.2 Å². The van der Waals surface area contributed by atoms with Crippen LogP contribution in [0.25, 0.3) is 11.1 Å². The van der Waals surface area contributed by atoms with Crippen LogP contribution in [0.3, 0.4) is 0 Å². The second-order valence-corrected chi connectivity index (χ2v) is 25.8. The molecule has 0 saturated carbocycles. The smallest absolute Gasteiger partial charge is 0.410 e. The summed E-state index contributed by atoms with van der Waals surface area (Å²) in [5.74, 6) is -7.67. The number of rotatable bonds is 14. The Morgan fingerprint density at radius 2 is 0.853 bits per heavy atom. The van der Waals surface area contributed by atoms with Crippen molar-refractivity contribution >= 4 is 82.3 Å². The Bertz CT molecular complexity index is 3660. The molecule has 0 spiro atoms. The van der Waals surface area contributed by atoms with Crippen molar-refractivity contribution < 1.29 is 98.7 Å². The first-order chi connectivity index (χ1) is 48.3. The first kappa shape index (κ1) is 84.6. The molecule has 2 N–H and O–H groups in total. The van der Waals surface area contributed by atoms with E-state index in [2.05, 4.69) is 15.5 Å². The summed E-state index contributed by atoms with van der Waals surface area (Å²) in [5.41, 5.74) is 5.14. The van der Waals surface area contributed by atoms with Gasteiger partial charge in [-0.2, -0.15) is 9.59 Å². The molecule has 0 radical (unpaired) electrons. The summed E-state index contributed by atoms with van der Waals surface area (Å²) in [6, 6.07) is 20.3. The van der Waals surface area contributed by atoms with Crippen molar-refractivity contribution in [2.24, 2.45) is 5.92 Å². The van der Waals surface area contributed by atoms with E-state index < -0.39 is 75.4 Å². The van der Waals surface area contributed by atoms with E-state index in [1.807, 2.05) is 34.7 Å². The van der Waals surface area contributed by atoms with E-state index >= 15 is 0 Å². The third-order valence-corrected chi connectivity index (χ3v) is 16.0. The summed E-state index contributed by atoms with van der Waals surface area (Å²) < 4.78 is 86.2. The molecule has 26 heteroatoms. The van der Waals surface area contributed by atoms with Gasteiger partial charge in [-0.25, -0.2) is 41.5 Å². The number of benzene rings is 4. The Hall–Kier alpha value is -9.81. The number of carbonyl (C=O) groups excluding carboxylic acids is 11. The van der Waals surface area contributed by atoms with Gasteiger partial charge in [0.15, 0.2) is 0 Å². The molecule has 22 nitrogen and oxygen atoms in total. The van der Waals surface area contributed by atoms with E-state index in [9.17, 15) is 60.7 Å². The Morgan fingerprint density at radius 3 is 1.29 bits per heavy atom. The molecular weight excluding hydrogens is 1330 g/mol. The fourth-order valence-electron chi connectivity index (χ4n) is 11.0. The summed E-state index contributed by atoms with van der Waals surface area (Å²) >= 11 is 0. The number of hydrogen-bond donors (Lipinski definition) is 2. The molecule has 1 unspecified atom stereocenters. The van der Waals surface area contributed by atoms with E-state index in [4.69, 9.17) is 38.0 Å². The summed E-state index contributed by atoms with van der Waals surface area (Å²) in [6.45, 7) is 24.3. The first-order valence-corrected chi connectivity index (χ1v) is 34.0. The van der Waals surface area contributed by atoms with Crippen LogP contribution in [-0.2, 0) is 62.0 Å². The second-order valence-electron chi connectivity index (χ2n) is 25.8. The molecule has 1 atom stereocenters. The number of halogens is 4. The van der Waals surface area contributed by atoms with Crippen LogP contribution in [0.2, 0.25) is 0 Å². The maximum absolute atomic E-state index is 13.8. The topological polar surface area (TPSA) is 277 Å². The highest BCUT2D eigenvalue weighted by molar-refractivity contribution is 6.06. The van der Waals surface area contributed by atoms with Gasteiger partial charge in [-0.15, -0.1) is 0 Å². The molecule has 0 aromatic heterocycles. The number of ether oxygens (including phenoxy) is 6. The van der Waals surface area contributed by atoms with Gasteiger partial charge in [-0.05, 0) is 212 Å². The van der Waals surface area contributed by atoms with Crippen LogP contribution in [0.4, 0.5) is 38.5 Å². The minimum Gasteiger partial charge on any atom is -0.465 e. The Labute approximate surface area is 593 Å². The summed E-state index contributed by atoms with van der Waals surface area (Å²) in [5, 5.41) is 5.02. The average Bonchev–Trinajstić information content (AvgIpc) is 1.05. The van der Waals surface area contributed by atoms with Crippen LogP contribution < -0.4 is 10.6 Å². The Balaban J connectivity index is 0.000000289. The minimum absolute atomic E-state index is 0.155. The molecule has 1 aliphatic carbocycles. The van der Waals surface area contributed by atoms with Gasteiger partial charge in [0.25, 0.3) is 11.8 Å². The minimum atomic E-state index is -0.920. The van der Waals surface area contributed by atoms with Crippen LogP contribution in [0.5, 0.6) is 0 Å². The van der Waals surface area contributed by atoms with Crippen molar-refractivity contribution in [3.05, 3.63) is 153 Å². The molecule has 0 bridgehead atoms. The van der Waals surface area contributed by atoms with Crippen molar-refractivity contribution in [3.63, 3.8) is 0 Å². The molecule has 4 amide bonds. The number of anilines is 2. The predicted octanol–water partition coefficient (Wildman–Crippen LogP) is 13.8. The molecule has 3 aliphatic heterocycles. The summed E-state index contributed by atoms with van der Waals surface area (Å²) in [4.78, 5) is 130. The van der Waals surface area contributed by atoms with Crippen molar-refractivity contribution in [1.82, 2.24) is 14.7 Å². The number of likely N-dealkylation sites (tertiary alicyclic amines) is 1. The largest absolute Gasteiger partial charge is 0.465 e. The number of esters is 4.